The normalized spacial score (nSPS) is 10.5. The molecule has 6 nitrogen and oxygen atoms in total. The average Bonchev–Trinajstić information content (AvgIpc) is 2.58. The summed E-state index contributed by atoms with van der Waals surface area (Å²) in [6, 6.07) is 14.7. The molecule has 0 aromatic heterocycles. The topological polar surface area (TPSA) is 80.1 Å². The second-order valence-corrected chi connectivity index (χ2v) is 4.66. The molecule has 0 aliphatic heterocycles. The maximum Gasteiger partial charge on any atom is 0.341 e. The third kappa shape index (κ3) is 5.35. The lowest BCUT2D eigenvalue weighted by Crippen LogP contribution is -2.09. The van der Waals surface area contributed by atoms with Crippen molar-refractivity contribution in [2.24, 2.45) is 5.10 Å². The Labute approximate surface area is 134 Å². The van der Waals surface area contributed by atoms with Crippen molar-refractivity contribution in [3.63, 3.8) is 0 Å². The molecule has 0 saturated heterocycles. The van der Waals surface area contributed by atoms with Gasteiger partial charge in [0.05, 0.1) is 19.9 Å². The van der Waals surface area contributed by atoms with Crippen molar-refractivity contribution in [2.75, 3.05) is 13.7 Å². The third-order valence-corrected chi connectivity index (χ3v) is 3.01. The molecule has 0 atom stereocenters. The molecule has 2 aromatic rings. The van der Waals surface area contributed by atoms with Crippen molar-refractivity contribution < 1.29 is 19.4 Å². The molecule has 0 aliphatic carbocycles. The number of hydrogen-bond donors (Lipinski definition) is 2. The molecule has 6 heteroatoms. The van der Waals surface area contributed by atoms with Crippen LogP contribution in [0.1, 0.15) is 11.1 Å². The zero-order chi connectivity index (χ0) is 16.5. The van der Waals surface area contributed by atoms with Crippen molar-refractivity contribution in [2.45, 2.75) is 6.54 Å². The molecule has 0 spiro atoms. The van der Waals surface area contributed by atoms with Gasteiger partial charge >= 0.3 is 5.97 Å². The molecule has 0 aliphatic rings. The Morgan fingerprint density at radius 1 is 1.22 bits per heavy atom. The van der Waals surface area contributed by atoms with Gasteiger partial charge in [-0.2, -0.15) is 5.10 Å². The largest absolute Gasteiger partial charge is 0.496 e. The van der Waals surface area contributed by atoms with Gasteiger partial charge in [-0.15, -0.1) is 0 Å². The van der Waals surface area contributed by atoms with E-state index in [2.05, 4.69) is 10.5 Å². The standard InChI is InChI=1S/C17H18N2O4/c1-22-16-5-3-2-4-14(16)11-19-18-10-13-6-8-15(9-7-13)23-12-17(20)21/h2-10,19H,11-12H2,1H3,(H,20,21)/b18-10+. The molecule has 0 heterocycles. The Bertz CT molecular complexity index is 669. The number of benzene rings is 2. The second kappa shape index (κ2) is 8.43. The molecule has 2 rings (SSSR count). The van der Waals surface area contributed by atoms with Gasteiger partial charge in [-0.3, -0.25) is 0 Å². The fourth-order valence-electron chi connectivity index (χ4n) is 1.90. The predicted octanol–water partition coefficient (Wildman–Crippen LogP) is 2.28. The number of nitrogens with zero attached hydrogens (tertiary/aromatic N) is 1. The lowest BCUT2D eigenvalue weighted by molar-refractivity contribution is -0.139. The summed E-state index contributed by atoms with van der Waals surface area (Å²) in [6.07, 6.45) is 1.68. The highest BCUT2D eigenvalue weighted by atomic mass is 16.5. The van der Waals surface area contributed by atoms with Gasteiger partial charge in [-0.25, -0.2) is 4.79 Å². The molecule has 2 aromatic carbocycles. The van der Waals surface area contributed by atoms with Crippen LogP contribution in [0.25, 0.3) is 0 Å². The van der Waals surface area contributed by atoms with Crippen molar-refractivity contribution in [3.05, 3.63) is 59.7 Å². The number of methoxy groups -OCH3 is 1. The summed E-state index contributed by atoms with van der Waals surface area (Å²) >= 11 is 0. The summed E-state index contributed by atoms with van der Waals surface area (Å²) in [5.74, 6) is 0.317. The Morgan fingerprint density at radius 3 is 2.65 bits per heavy atom. The number of para-hydroxylation sites is 1. The van der Waals surface area contributed by atoms with E-state index in [1.807, 2.05) is 24.3 Å². The first-order chi connectivity index (χ1) is 11.2. The molecule has 0 bridgehead atoms. The Hall–Kier alpha value is -3.02. The molecule has 0 fully saturated rings. The summed E-state index contributed by atoms with van der Waals surface area (Å²) in [6.45, 7) is 0.203. The van der Waals surface area contributed by atoms with Gasteiger partial charge in [-0.1, -0.05) is 18.2 Å². The predicted molar refractivity (Wildman–Crippen MR) is 87.0 cm³/mol. The first-order valence-electron chi connectivity index (χ1n) is 7.01. The minimum atomic E-state index is -1.00. The van der Waals surface area contributed by atoms with E-state index in [9.17, 15) is 4.79 Å². The monoisotopic (exact) mass is 314 g/mol. The number of nitrogens with one attached hydrogen (secondary N) is 1. The van der Waals surface area contributed by atoms with Crippen LogP contribution in [0.15, 0.2) is 53.6 Å². The van der Waals surface area contributed by atoms with E-state index >= 15 is 0 Å². The minimum absolute atomic E-state index is 0.353. The van der Waals surface area contributed by atoms with Crippen LogP contribution in [0.5, 0.6) is 11.5 Å². The Balaban J connectivity index is 1.84. The fourth-order valence-corrected chi connectivity index (χ4v) is 1.90. The Kier molecular flexibility index (Phi) is 5.99. The molecule has 0 amide bonds. The van der Waals surface area contributed by atoms with E-state index in [-0.39, 0.29) is 6.61 Å². The number of carboxylic acid groups (broad SMARTS) is 1. The van der Waals surface area contributed by atoms with Gasteiger partial charge in [0.1, 0.15) is 11.5 Å². The van der Waals surface area contributed by atoms with Crippen molar-refractivity contribution >= 4 is 12.2 Å². The number of aliphatic carboxylic acids is 1. The van der Waals surface area contributed by atoms with Gasteiger partial charge < -0.3 is 20.0 Å². The van der Waals surface area contributed by atoms with Gasteiger partial charge in [0, 0.05) is 5.56 Å². The zero-order valence-electron chi connectivity index (χ0n) is 12.7. The van der Waals surface area contributed by atoms with Crippen molar-refractivity contribution in [3.8, 4) is 11.5 Å². The number of ether oxygens (including phenoxy) is 2. The van der Waals surface area contributed by atoms with Crippen molar-refractivity contribution in [1.82, 2.24) is 5.43 Å². The van der Waals surface area contributed by atoms with Crippen LogP contribution in [0, 0.1) is 0 Å². The van der Waals surface area contributed by atoms with Crippen LogP contribution in [0.2, 0.25) is 0 Å². The van der Waals surface area contributed by atoms with Gasteiger partial charge in [0.2, 0.25) is 0 Å². The number of carboxylic acids is 1. The summed E-state index contributed by atoms with van der Waals surface area (Å²) in [4.78, 5) is 10.4. The minimum Gasteiger partial charge on any atom is -0.496 e. The molecule has 0 unspecified atom stereocenters. The van der Waals surface area contributed by atoms with Crippen LogP contribution in [0.4, 0.5) is 0 Å². The summed E-state index contributed by atoms with van der Waals surface area (Å²) in [5.41, 5.74) is 4.85. The van der Waals surface area contributed by atoms with Crippen LogP contribution in [-0.4, -0.2) is 31.0 Å². The molecule has 2 N–H and O–H groups in total. The number of hydrogen-bond acceptors (Lipinski definition) is 5. The van der Waals surface area contributed by atoms with E-state index < -0.39 is 5.97 Å². The Morgan fingerprint density at radius 2 is 1.96 bits per heavy atom. The molecule has 0 saturated carbocycles. The van der Waals surface area contributed by atoms with E-state index in [4.69, 9.17) is 14.6 Å². The number of hydrazone groups is 1. The van der Waals surface area contributed by atoms with E-state index in [1.165, 1.54) is 0 Å². The quantitative estimate of drug-likeness (QED) is 0.577. The average molecular weight is 314 g/mol. The third-order valence-electron chi connectivity index (χ3n) is 3.01. The highest BCUT2D eigenvalue weighted by molar-refractivity contribution is 5.79. The van der Waals surface area contributed by atoms with E-state index in [0.29, 0.717) is 12.3 Å². The van der Waals surface area contributed by atoms with Crippen LogP contribution in [-0.2, 0) is 11.3 Å². The van der Waals surface area contributed by atoms with Gasteiger partial charge in [0.15, 0.2) is 6.61 Å². The second-order valence-electron chi connectivity index (χ2n) is 4.66. The number of rotatable bonds is 8. The van der Waals surface area contributed by atoms with Gasteiger partial charge in [0.25, 0.3) is 0 Å². The lowest BCUT2D eigenvalue weighted by atomic mass is 10.2. The smallest absolute Gasteiger partial charge is 0.341 e. The zero-order valence-corrected chi connectivity index (χ0v) is 12.7. The van der Waals surface area contributed by atoms with Gasteiger partial charge in [-0.05, 0) is 35.9 Å². The summed E-state index contributed by atoms with van der Waals surface area (Å²) in [5, 5.41) is 12.7. The molecule has 120 valence electrons. The maximum absolute atomic E-state index is 10.4. The first-order valence-corrected chi connectivity index (χ1v) is 7.01. The van der Waals surface area contributed by atoms with Crippen LogP contribution in [0.3, 0.4) is 0 Å². The van der Waals surface area contributed by atoms with Crippen LogP contribution >= 0.6 is 0 Å². The molecular weight excluding hydrogens is 296 g/mol. The lowest BCUT2D eigenvalue weighted by Gasteiger charge is -2.07. The summed E-state index contributed by atoms with van der Waals surface area (Å²) < 4.78 is 10.3. The fraction of sp³-hybridized carbons (Fsp3) is 0.176. The maximum atomic E-state index is 10.4. The SMILES string of the molecule is COc1ccccc1CN/N=C/c1ccc(OCC(=O)O)cc1. The summed E-state index contributed by atoms with van der Waals surface area (Å²) in [7, 11) is 1.64. The highest BCUT2D eigenvalue weighted by Crippen LogP contribution is 2.16. The first kappa shape index (κ1) is 16.4. The van der Waals surface area contributed by atoms with E-state index in [1.54, 1.807) is 37.6 Å². The molecular formula is C17H18N2O4. The van der Waals surface area contributed by atoms with Crippen LogP contribution < -0.4 is 14.9 Å². The van der Waals surface area contributed by atoms with E-state index in [0.717, 1.165) is 16.9 Å². The van der Waals surface area contributed by atoms with Crippen molar-refractivity contribution in [1.29, 1.82) is 0 Å². The number of carbonyl (C=O) groups is 1. The molecule has 23 heavy (non-hydrogen) atoms. The molecule has 0 radical (unpaired) electrons. The highest BCUT2D eigenvalue weighted by Gasteiger charge is 2.00.